The van der Waals surface area contributed by atoms with E-state index >= 15 is 0 Å². The van der Waals surface area contributed by atoms with E-state index in [0.29, 0.717) is 22.8 Å². The van der Waals surface area contributed by atoms with Gasteiger partial charge in [-0.05, 0) is 48.9 Å². The van der Waals surface area contributed by atoms with Crippen LogP contribution in [0.25, 0.3) is 5.76 Å². The van der Waals surface area contributed by atoms with Crippen molar-refractivity contribution < 1.29 is 29.3 Å². The molecular formula is C22H22ClNO6. The summed E-state index contributed by atoms with van der Waals surface area (Å²) < 4.78 is 10.5. The lowest BCUT2D eigenvalue weighted by molar-refractivity contribution is -0.140. The molecule has 158 valence electrons. The molecule has 8 heteroatoms. The van der Waals surface area contributed by atoms with Crippen molar-refractivity contribution in [2.45, 2.75) is 13.0 Å². The number of hydrogen-bond donors (Lipinski definition) is 2. The molecule has 0 aliphatic carbocycles. The number of aliphatic hydroxyl groups excluding tert-OH is 1. The Hall–Kier alpha value is -3.03. The number of Topliss-reactive ketones (excluding diaryl/α,β-unsaturated/α-hetero) is 1. The van der Waals surface area contributed by atoms with Gasteiger partial charge >= 0.3 is 0 Å². The fraction of sp³-hybridized carbons (Fsp3) is 0.273. The number of rotatable bonds is 7. The van der Waals surface area contributed by atoms with Gasteiger partial charge in [-0.1, -0.05) is 17.7 Å². The van der Waals surface area contributed by atoms with E-state index in [1.165, 1.54) is 18.1 Å². The SMILES string of the molecule is CCOc1cc(C2C(=C(O)c3ccc(Cl)cc3)C(=O)C(=O)N2CCOC)ccc1O. The van der Waals surface area contributed by atoms with Crippen LogP contribution < -0.4 is 4.74 Å². The van der Waals surface area contributed by atoms with Gasteiger partial charge in [-0.2, -0.15) is 0 Å². The highest BCUT2D eigenvalue weighted by atomic mass is 35.5. The number of nitrogens with zero attached hydrogens (tertiary/aromatic N) is 1. The first-order valence-electron chi connectivity index (χ1n) is 9.38. The molecule has 0 saturated carbocycles. The predicted octanol–water partition coefficient (Wildman–Crippen LogP) is 3.51. The summed E-state index contributed by atoms with van der Waals surface area (Å²) >= 11 is 5.92. The average molecular weight is 432 g/mol. The molecule has 1 unspecified atom stereocenters. The second-order valence-electron chi connectivity index (χ2n) is 6.65. The minimum absolute atomic E-state index is 0.0495. The van der Waals surface area contributed by atoms with Crippen molar-refractivity contribution in [3.63, 3.8) is 0 Å². The largest absolute Gasteiger partial charge is 0.507 e. The molecule has 30 heavy (non-hydrogen) atoms. The highest BCUT2D eigenvalue weighted by Gasteiger charge is 2.46. The number of ether oxygens (including phenoxy) is 2. The van der Waals surface area contributed by atoms with E-state index in [4.69, 9.17) is 21.1 Å². The first kappa shape index (κ1) is 21.7. The van der Waals surface area contributed by atoms with E-state index in [1.807, 2.05) is 0 Å². The Morgan fingerprint density at radius 1 is 1.17 bits per heavy atom. The van der Waals surface area contributed by atoms with Gasteiger partial charge in [-0.15, -0.1) is 0 Å². The number of halogens is 1. The zero-order chi connectivity index (χ0) is 21.8. The zero-order valence-electron chi connectivity index (χ0n) is 16.6. The van der Waals surface area contributed by atoms with Crippen LogP contribution in [0.2, 0.25) is 5.02 Å². The molecule has 1 aliphatic rings. The summed E-state index contributed by atoms with van der Waals surface area (Å²) in [4.78, 5) is 27.0. The van der Waals surface area contributed by atoms with Crippen LogP contribution in [-0.2, 0) is 14.3 Å². The molecule has 3 rings (SSSR count). The van der Waals surface area contributed by atoms with Gasteiger partial charge in [0.1, 0.15) is 5.76 Å². The maximum absolute atomic E-state index is 12.9. The Morgan fingerprint density at radius 3 is 2.50 bits per heavy atom. The molecule has 2 aromatic carbocycles. The quantitative estimate of drug-likeness (QED) is 0.395. The lowest BCUT2D eigenvalue weighted by Crippen LogP contribution is -2.32. The van der Waals surface area contributed by atoms with Crippen LogP contribution in [0.5, 0.6) is 11.5 Å². The van der Waals surface area contributed by atoms with E-state index in [2.05, 4.69) is 0 Å². The zero-order valence-corrected chi connectivity index (χ0v) is 17.3. The van der Waals surface area contributed by atoms with Crippen LogP contribution in [0.15, 0.2) is 48.0 Å². The van der Waals surface area contributed by atoms with Gasteiger partial charge in [-0.3, -0.25) is 9.59 Å². The third kappa shape index (κ3) is 4.13. The monoisotopic (exact) mass is 431 g/mol. The van der Waals surface area contributed by atoms with Crippen molar-refractivity contribution in [1.29, 1.82) is 0 Å². The van der Waals surface area contributed by atoms with Gasteiger partial charge in [0.25, 0.3) is 11.7 Å². The summed E-state index contributed by atoms with van der Waals surface area (Å²) in [6.07, 6.45) is 0. The highest BCUT2D eigenvalue weighted by Crippen LogP contribution is 2.41. The van der Waals surface area contributed by atoms with E-state index in [9.17, 15) is 19.8 Å². The van der Waals surface area contributed by atoms with E-state index < -0.39 is 17.7 Å². The van der Waals surface area contributed by atoms with E-state index in [0.717, 1.165) is 0 Å². The molecule has 1 amide bonds. The number of methoxy groups -OCH3 is 1. The number of hydrogen-bond acceptors (Lipinski definition) is 6. The number of phenolic OH excluding ortho intramolecular Hbond substituents is 1. The van der Waals surface area contributed by atoms with Gasteiger partial charge in [0.2, 0.25) is 0 Å². The summed E-state index contributed by atoms with van der Waals surface area (Å²) in [5.41, 5.74) is 0.826. The van der Waals surface area contributed by atoms with Crippen LogP contribution in [0.3, 0.4) is 0 Å². The summed E-state index contributed by atoms with van der Waals surface area (Å²) in [5.74, 6) is -1.68. The van der Waals surface area contributed by atoms with Crippen molar-refractivity contribution >= 4 is 29.1 Å². The molecule has 1 fully saturated rings. The Bertz CT molecular complexity index is 986. The summed E-state index contributed by atoms with van der Waals surface area (Å²) in [5, 5.41) is 21.4. The molecule has 0 spiro atoms. The van der Waals surface area contributed by atoms with E-state index in [1.54, 1.807) is 43.3 Å². The second kappa shape index (κ2) is 9.19. The Balaban J connectivity index is 2.17. The van der Waals surface area contributed by atoms with Gasteiger partial charge in [0.15, 0.2) is 11.5 Å². The van der Waals surface area contributed by atoms with Gasteiger partial charge < -0.3 is 24.6 Å². The fourth-order valence-corrected chi connectivity index (χ4v) is 3.51. The lowest BCUT2D eigenvalue weighted by Gasteiger charge is -2.25. The fourth-order valence-electron chi connectivity index (χ4n) is 3.38. The Kier molecular flexibility index (Phi) is 6.64. The van der Waals surface area contributed by atoms with Crippen LogP contribution in [0, 0.1) is 0 Å². The van der Waals surface area contributed by atoms with Crippen LogP contribution >= 0.6 is 11.6 Å². The maximum atomic E-state index is 12.9. The lowest BCUT2D eigenvalue weighted by atomic mass is 9.95. The van der Waals surface area contributed by atoms with Gasteiger partial charge in [-0.25, -0.2) is 0 Å². The molecule has 0 aromatic heterocycles. The third-order valence-corrected chi connectivity index (χ3v) is 5.05. The molecule has 1 atom stereocenters. The second-order valence-corrected chi connectivity index (χ2v) is 7.09. The number of phenols is 1. The van der Waals surface area contributed by atoms with Crippen molar-refractivity contribution in [3.05, 3.63) is 64.2 Å². The molecule has 0 bridgehead atoms. The summed E-state index contributed by atoms with van der Waals surface area (Å²) in [6, 6.07) is 10.0. The number of likely N-dealkylation sites (tertiary alicyclic amines) is 1. The number of carbonyl (C=O) groups is 2. The Labute approximate surface area is 179 Å². The average Bonchev–Trinajstić information content (AvgIpc) is 2.98. The van der Waals surface area contributed by atoms with E-state index in [-0.39, 0.29) is 36.0 Å². The first-order chi connectivity index (χ1) is 14.4. The van der Waals surface area contributed by atoms with Crippen LogP contribution in [0.1, 0.15) is 24.1 Å². The number of ketones is 1. The minimum atomic E-state index is -0.865. The predicted molar refractivity (Wildman–Crippen MR) is 112 cm³/mol. The smallest absolute Gasteiger partial charge is 0.295 e. The highest BCUT2D eigenvalue weighted by molar-refractivity contribution is 6.46. The number of aromatic hydroxyl groups is 1. The van der Waals surface area contributed by atoms with Crippen molar-refractivity contribution in [3.8, 4) is 11.5 Å². The molecule has 7 nitrogen and oxygen atoms in total. The number of aliphatic hydroxyl groups is 1. The number of carbonyl (C=O) groups excluding carboxylic acids is 2. The first-order valence-corrected chi connectivity index (χ1v) is 9.75. The molecule has 1 heterocycles. The van der Waals surface area contributed by atoms with Gasteiger partial charge in [0, 0.05) is 24.2 Å². The number of amides is 1. The standard InChI is InChI=1S/C22H22ClNO6/c1-3-30-17-12-14(6-9-16(17)25)19-18(20(26)13-4-7-15(23)8-5-13)21(27)22(28)24(19)10-11-29-2/h4-9,12,19,25-26H,3,10-11H2,1-2H3. The van der Waals surface area contributed by atoms with Crippen LogP contribution in [-0.4, -0.2) is 53.7 Å². The molecular weight excluding hydrogens is 410 g/mol. The molecule has 1 saturated heterocycles. The molecule has 2 aromatic rings. The third-order valence-electron chi connectivity index (χ3n) is 4.79. The van der Waals surface area contributed by atoms with Crippen molar-refractivity contribution in [1.82, 2.24) is 4.90 Å². The van der Waals surface area contributed by atoms with Crippen molar-refractivity contribution in [2.24, 2.45) is 0 Å². The molecule has 0 radical (unpaired) electrons. The normalized spacial score (nSPS) is 18.1. The van der Waals surface area contributed by atoms with Gasteiger partial charge in [0.05, 0.1) is 24.8 Å². The topological polar surface area (TPSA) is 96.3 Å². The summed E-state index contributed by atoms with van der Waals surface area (Å²) in [7, 11) is 1.49. The molecule has 1 aliphatic heterocycles. The number of benzene rings is 2. The maximum Gasteiger partial charge on any atom is 0.295 e. The Morgan fingerprint density at radius 2 is 1.87 bits per heavy atom. The van der Waals surface area contributed by atoms with Crippen molar-refractivity contribution in [2.75, 3.05) is 26.9 Å². The minimum Gasteiger partial charge on any atom is -0.507 e. The summed E-state index contributed by atoms with van der Waals surface area (Å²) in [6.45, 7) is 2.46. The molecule has 2 N–H and O–H groups in total. The van der Waals surface area contributed by atoms with Crippen LogP contribution in [0.4, 0.5) is 0 Å².